The molecular weight excluding hydrogens is 280 g/mol. The van der Waals surface area contributed by atoms with Crippen LogP contribution in [0.1, 0.15) is 66.2 Å². The van der Waals surface area contributed by atoms with Gasteiger partial charge >= 0.3 is 6.09 Å². The van der Waals surface area contributed by atoms with E-state index in [2.05, 4.69) is 5.32 Å². The minimum Gasteiger partial charge on any atom is -0.444 e. The fourth-order valence-corrected chi connectivity index (χ4v) is 2.70. The Balaban J connectivity index is 2.33. The summed E-state index contributed by atoms with van der Waals surface area (Å²) in [6.07, 6.45) is 6.45. The van der Waals surface area contributed by atoms with Crippen LogP contribution in [0.3, 0.4) is 0 Å². The Labute approximate surface area is 134 Å². The molecule has 0 radical (unpaired) electrons. The van der Waals surface area contributed by atoms with Gasteiger partial charge in [-0.3, -0.25) is 4.79 Å². The molecule has 0 heterocycles. The Morgan fingerprint density at radius 2 is 1.73 bits per heavy atom. The fourth-order valence-electron chi connectivity index (χ4n) is 2.70. The zero-order valence-electron chi connectivity index (χ0n) is 14.6. The van der Waals surface area contributed by atoms with Crippen molar-refractivity contribution in [3.05, 3.63) is 0 Å². The molecule has 2 amide bonds. The molecule has 1 saturated carbocycles. The van der Waals surface area contributed by atoms with E-state index in [1.165, 1.54) is 12.8 Å². The summed E-state index contributed by atoms with van der Waals surface area (Å²) in [6, 6.07) is 0. The number of rotatable bonds is 5. The third-order valence-corrected chi connectivity index (χ3v) is 3.94. The van der Waals surface area contributed by atoms with Crippen LogP contribution in [0, 0.1) is 5.92 Å². The van der Waals surface area contributed by atoms with Gasteiger partial charge in [-0.25, -0.2) is 4.79 Å². The third kappa shape index (κ3) is 7.14. The van der Waals surface area contributed by atoms with Gasteiger partial charge in [0.05, 0.1) is 0 Å². The quantitative estimate of drug-likeness (QED) is 0.792. The van der Waals surface area contributed by atoms with Crippen molar-refractivity contribution in [1.29, 1.82) is 0 Å². The van der Waals surface area contributed by atoms with E-state index in [9.17, 15) is 9.59 Å². The van der Waals surface area contributed by atoms with E-state index in [0.717, 1.165) is 25.7 Å². The van der Waals surface area contributed by atoms with E-state index >= 15 is 0 Å². The first kappa shape index (κ1) is 18.8. The van der Waals surface area contributed by atoms with E-state index in [1.807, 2.05) is 27.7 Å². The van der Waals surface area contributed by atoms with Crippen molar-refractivity contribution in [2.45, 2.75) is 71.8 Å². The van der Waals surface area contributed by atoms with Crippen molar-refractivity contribution in [2.75, 3.05) is 19.6 Å². The van der Waals surface area contributed by atoms with Gasteiger partial charge < -0.3 is 15.0 Å². The molecule has 0 atom stereocenters. The summed E-state index contributed by atoms with van der Waals surface area (Å²) < 4.78 is 5.36. The molecule has 128 valence electrons. The predicted molar refractivity (Wildman–Crippen MR) is 87.7 cm³/mol. The summed E-state index contributed by atoms with van der Waals surface area (Å²) in [4.78, 5) is 25.8. The second kappa shape index (κ2) is 9.01. The van der Waals surface area contributed by atoms with Gasteiger partial charge in [-0.15, -0.1) is 0 Å². The van der Waals surface area contributed by atoms with E-state index in [0.29, 0.717) is 19.6 Å². The lowest BCUT2D eigenvalue weighted by Gasteiger charge is -2.26. The topological polar surface area (TPSA) is 58.6 Å². The van der Waals surface area contributed by atoms with E-state index in [-0.39, 0.29) is 17.9 Å². The lowest BCUT2D eigenvalue weighted by molar-refractivity contribution is -0.125. The van der Waals surface area contributed by atoms with Crippen molar-refractivity contribution < 1.29 is 14.3 Å². The predicted octanol–water partition coefficient (Wildman–Crippen LogP) is 3.33. The van der Waals surface area contributed by atoms with Crippen LogP contribution in [0.5, 0.6) is 0 Å². The fraction of sp³-hybridized carbons (Fsp3) is 0.882. The van der Waals surface area contributed by atoms with E-state index in [4.69, 9.17) is 4.74 Å². The standard InChI is InChI=1S/C17H32N2O3/c1-5-19(16(21)22-17(2,3)4)13-12-18-15(20)14-10-8-6-7-9-11-14/h14H,5-13H2,1-4H3,(H,18,20). The molecule has 1 N–H and O–H groups in total. The largest absolute Gasteiger partial charge is 0.444 e. The number of carbonyl (C=O) groups is 2. The van der Waals surface area contributed by atoms with Crippen molar-refractivity contribution in [1.82, 2.24) is 10.2 Å². The van der Waals surface area contributed by atoms with Gasteiger partial charge in [-0.05, 0) is 40.5 Å². The van der Waals surface area contributed by atoms with Crippen molar-refractivity contribution in [2.24, 2.45) is 5.92 Å². The maximum absolute atomic E-state index is 12.2. The molecule has 0 aromatic carbocycles. The van der Waals surface area contributed by atoms with Crippen LogP contribution < -0.4 is 5.32 Å². The van der Waals surface area contributed by atoms with Gasteiger partial charge in [0.15, 0.2) is 0 Å². The number of amides is 2. The summed E-state index contributed by atoms with van der Waals surface area (Å²) >= 11 is 0. The highest BCUT2D eigenvalue weighted by Crippen LogP contribution is 2.22. The molecule has 22 heavy (non-hydrogen) atoms. The Morgan fingerprint density at radius 1 is 1.14 bits per heavy atom. The summed E-state index contributed by atoms with van der Waals surface area (Å²) in [5.41, 5.74) is -0.492. The van der Waals surface area contributed by atoms with Crippen LogP contribution >= 0.6 is 0 Å². The maximum Gasteiger partial charge on any atom is 0.410 e. The molecule has 0 aromatic rings. The first-order valence-corrected chi connectivity index (χ1v) is 8.59. The highest BCUT2D eigenvalue weighted by molar-refractivity contribution is 5.78. The SMILES string of the molecule is CCN(CCNC(=O)C1CCCCCC1)C(=O)OC(C)(C)C. The number of nitrogens with zero attached hydrogens (tertiary/aromatic N) is 1. The minimum absolute atomic E-state index is 0.141. The van der Waals surface area contributed by atoms with Gasteiger partial charge in [-0.1, -0.05) is 25.7 Å². The highest BCUT2D eigenvalue weighted by atomic mass is 16.6. The van der Waals surface area contributed by atoms with Crippen LogP contribution in [0.25, 0.3) is 0 Å². The molecule has 5 nitrogen and oxygen atoms in total. The lowest BCUT2D eigenvalue weighted by Crippen LogP contribution is -2.42. The zero-order chi connectivity index (χ0) is 16.6. The molecule has 0 saturated heterocycles. The van der Waals surface area contributed by atoms with Crippen molar-refractivity contribution >= 4 is 12.0 Å². The number of likely N-dealkylation sites (N-methyl/N-ethyl adjacent to an activating group) is 1. The number of ether oxygens (including phenoxy) is 1. The lowest BCUT2D eigenvalue weighted by atomic mass is 9.99. The Kier molecular flexibility index (Phi) is 7.69. The average Bonchev–Trinajstić information content (AvgIpc) is 2.70. The number of nitrogens with one attached hydrogen (secondary N) is 1. The second-order valence-electron chi connectivity index (χ2n) is 7.04. The van der Waals surface area contributed by atoms with E-state index in [1.54, 1.807) is 4.90 Å². The molecule has 1 aliphatic rings. The smallest absolute Gasteiger partial charge is 0.410 e. The van der Waals surface area contributed by atoms with Crippen LogP contribution in [-0.4, -0.2) is 42.1 Å². The second-order valence-corrected chi connectivity index (χ2v) is 7.04. The van der Waals surface area contributed by atoms with Gasteiger partial charge in [0.1, 0.15) is 5.60 Å². The molecule has 0 aliphatic heterocycles. The van der Waals surface area contributed by atoms with Crippen molar-refractivity contribution in [3.8, 4) is 0 Å². The summed E-state index contributed by atoms with van der Waals surface area (Å²) in [6.45, 7) is 9.03. The van der Waals surface area contributed by atoms with Crippen LogP contribution in [0.4, 0.5) is 4.79 Å². The number of hydrogen-bond donors (Lipinski definition) is 1. The summed E-state index contributed by atoms with van der Waals surface area (Å²) in [5, 5.41) is 2.97. The molecule has 1 fully saturated rings. The van der Waals surface area contributed by atoms with Crippen molar-refractivity contribution in [3.63, 3.8) is 0 Å². The van der Waals surface area contributed by atoms with Gasteiger partial charge in [0.2, 0.25) is 5.91 Å². The normalized spacial score (nSPS) is 16.7. The first-order chi connectivity index (χ1) is 10.3. The Bertz CT molecular complexity index is 355. The molecule has 1 rings (SSSR count). The van der Waals surface area contributed by atoms with Crippen LogP contribution in [-0.2, 0) is 9.53 Å². The molecule has 1 aliphatic carbocycles. The van der Waals surface area contributed by atoms with Gasteiger partial charge in [0, 0.05) is 25.6 Å². The van der Waals surface area contributed by atoms with Gasteiger partial charge in [0.25, 0.3) is 0 Å². The third-order valence-electron chi connectivity index (χ3n) is 3.94. The summed E-state index contributed by atoms with van der Waals surface area (Å²) in [7, 11) is 0. The van der Waals surface area contributed by atoms with E-state index < -0.39 is 5.60 Å². The Hall–Kier alpha value is -1.26. The Morgan fingerprint density at radius 3 is 2.23 bits per heavy atom. The highest BCUT2D eigenvalue weighted by Gasteiger charge is 2.22. The monoisotopic (exact) mass is 312 g/mol. The number of carbonyl (C=O) groups excluding carboxylic acids is 2. The maximum atomic E-state index is 12.2. The average molecular weight is 312 g/mol. The first-order valence-electron chi connectivity index (χ1n) is 8.59. The number of hydrogen-bond acceptors (Lipinski definition) is 3. The molecule has 5 heteroatoms. The minimum atomic E-state index is -0.492. The molecule has 0 unspecified atom stereocenters. The molecule has 0 bridgehead atoms. The van der Waals surface area contributed by atoms with Gasteiger partial charge in [-0.2, -0.15) is 0 Å². The zero-order valence-corrected chi connectivity index (χ0v) is 14.6. The summed E-state index contributed by atoms with van der Waals surface area (Å²) in [5.74, 6) is 0.293. The van der Waals surface area contributed by atoms with Crippen LogP contribution in [0.15, 0.2) is 0 Å². The van der Waals surface area contributed by atoms with Crippen LogP contribution in [0.2, 0.25) is 0 Å². The molecule has 0 aromatic heterocycles. The molecular formula is C17H32N2O3. The molecule has 0 spiro atoms.